The lowest BCUT2D eigenvalue weighted by molar-refractivity contribution is -0.122. The van der Waals surface area contributed by atoms with E-state index in [4.69, 9.17) is 4.74 Å². The van der Waals surface area contributed by atoms with E-state index in [0.717, 1.165) is 12.3 Å². The largest absolute Gasteiger partial charge is 0.386 e. The number of carbonyl (C=O) groups excluding carboxylic acids is 1. The molecular weight excluding hydrogens is 242 g/mol. The van der Waals surface area contributed by atoms with Gasteiger partial charge in [-0.05, 0) is 18.8 Å². The molecule has 1 saturated heterocycles. The summed E-state index contributed by atoms with van der Waals surface area (Å²) in [7, 11) is 0. The molecule has 1 aliphatic heterocycles. The quantitative estimate of drug-likeness (QED) is 0.775. The molecule has 4 nitrogen and oxygen atoms in total. The summed E-state index contributed by atoms with van der Waals surface area (Å²) >= 11 is 0. The van der Waals surface area contributed by atoms with Crippen molar-refractivity contribution in [3.63, 3.8) is 0 Å². The van der Waals surface area contributed by atoms with Crippen molar-refractivity contribution in [2.24, 2.45) is 5.92 Å². The van der Waals surface area contributed by atoms with Crippen molar-refractivity contribution in [2.45, 2.75) is 63.4 Å². The van der Waals surface area contributed by atoms with Crippen LogP contribution in [0.5, 0.6) is 0 Å². The van der Waals surface area contributed by atoms with Crippen LogP contribution in [0.4, 0.5) is 0 Å². The third kappa shape index (κ3) is 5.11. The van der Waals surface area contributed by atoms with Gasteiger partial charge in [-0.25, -0.2) is 0 Å². The molecule has 4 heteroatoms. The molecule has 1 saturated carbocycles. The minimum Gasteiger partial charge on any atom is -0.386 e. The van der Waals surface area contributed by atoms with Crippen molar-refractivity contribution in [3.8, 4) is 0 Å². The Labute approximate surface area is 115 Å². The Balaban J connectivity index is 1.54. The first-order valence-corrected chi connectivity index (χ1v) is 7.75. The molecule has 0 radical (unpaired) electrons. The number of amides is 1. The molecule has 2 fully saturated rings. The molecule has 2 N–H and O–H groups in total. The van der Waals surface area contributed by atoms with Gasteiger partial charge in [0.05, 0.1) is 6.61 Å². The second kappa shape index (κ2) is 7.25. The van der Waals surface area contributed by atoms with Crippen molar-refractivity contribution >= 4 is 5.91 Å². The van der Waals surface area contributed by atoms with Gasteiger partial charge >= 0.3 is 0 Å². The van der Waals surface area contributed by atoms with E-state index in [0.29, 0.717) is 32.6 Å². The molecule has 1 heterocycles. The van der Waals surface area contributed by atoms with E-state index in [9.17, 15) is 9.90 Å². The van der Waals surface area contributed by atoms with E-state index in [1.165, 1.54) is 38.5 Å². The van der Waals surface area contributed by atoms with E-state index in [2.05, 4.69) is 5.32 Å². The molecule has 1 amide bonds. The second-order valence-corrected chi connectivity index (χ2v) is 6.20. The number of hydrogen-bond acceptors (Lipinski definition) is 3. The number of nitrogens with one attached hydrogen (secondary N) is 1. The zero-order valence-corrected chi connectivity index (χ0v) is 11.8. The van der Waals surface area contributed by atoms with Crippen LogP contribution in [0.2, 0.25) is 0 Å². The zero-order valence-electron chi connectivity index (χ0n) is 11.8. The third-order valence-electron chi connectivity index (χ3n) is 4.44. The summed E-state index contributed by atoms with van der Waals surface area (Å²) in [6, 6.07) is 0. The van der Waals surface area contributed by atoms with Crippen LogP contribution < -0.4 is 5.32 Å². The Hall–Kier alpha value is -0.610. The van der Waals surface area contributed by atoms with Gasteiger partial charge in [0.15, 0.2) is 0 Å². The molecule has 0 aromatic rings. The van der Waals surface area contributed by atoms with Crippen LogP contribution in [0.15, 0.2) is 0 Å². The first-order chi connectivity index (χ1) is 9.18. The van der Waals surface area contributed by atoms with Gasteiger partial charge in [0.1, 0.15) is 5.60 Å². The van der Waals surface area contributed by atoms with Crippen molar-refractivity contribution in [1.29, 1.82) is 0 Å². The highest BCUT2D eigenvalue weighted by atomic mass is 16.5. The minimum atomic E-state index is -0.834. The van der Waals surface area contributed by atoms with Gasteiger partial charge < -0.3 is 15.2 Å². The van der Waals surface area contributed by atoms with Crippen LogP contribution >= 0.6 is 0 Å². The maximum Gasteiger partial charge on any atom is 0.220 e. The summed E-state index contributed by atoms with van der Waals surface area (Å²) in [5, 5.41) is 12.9. The molecule has 2 aliphatic rings. The highest BCUT2D eigenvalue weighted by molar-refractivity contribution is 5.75. The Morgan fingerprint density at radius 2 is 2.11 bits per heavy atom. The summed E-state index contributed by atoms with van der Waals surface area (Å²) in [5.74, 6) is 0.908. The lowest BCUT2D eigenvalue weighted by Crippen LogP contribution is -2.43. The highest BCUT2D eigenvalue weighted by Crippen LogP contribution is 2.27. The number of aliphatic hydroxyl groups is 1. The van der Waals surface area contributed by atoms with Crippen LogP contribution in [0.3, 0.4) is 0 Å². The maximum absolute atomic E-state index is 11.7. The van der Waals surface area contributed by atoms with Crippen molar-refractivity contribution in [1.82, 2.24) is 5.32 Å². The zero-order chi connectivity index (χ0) is 13.6. The van der Waals surface area contributed by atoms with Gasteiger partial charge in [-0.3, -0.25) is 4.79 Å². The van der Waals surface area contributed by atoms with Gasteiger partial charge in [0.25, 0.3) is 0 Å². The molecule has 1 aliphatic carbocycles. The van der Waals surface area contributed by atoms with Gasteiger partial charge in [0.2, 0.25) is 5.91 Å². The van der Waals surface area contributed by atoms with Gasteiger partial charge in [-0.2, -0.15) is 0 Å². The molecule has 1 unspecified atom stereocenters. The Morgan fingerprint density at radius 3 is 2.79 bits per heavy atom. The van der Waals surface area contributed by atoms with Crippen molar-refractivity contribution in [2.75, 3.05) is 19.8 Å². The molecule has 0 bridgehead atoms. The molecule has 110 valence electrons. The predicted molar refractivity (Wildman–Crippen MR) is 73.8 cm³/mol. The number of rotatable bonds is 6. The van der Waals surface area contributed by atoms with Gasteiger partial charge in [-0.15, -0.1) is 0 Å². The van der Waals surface area contributed by atoms with Crippen LogP contribution in [0.1, 0.15) is 57.8 Å². The van der Waals surface area contributed by atoms with E-state index < -0.39 is 5.60 Å². The van der Waals surface area contributed by atoms with Crippen LogP contribution in [0.25, 0.3) is 0 Å². The van der Waals surface area contributed by atoms with E-state index >= 15 is 0 Å². The normalized spacial score (nSPS) is 28.5. The lowest BCUT2D eigenvalue weighted by atomic mass is 9.86. The Morgan fingerprint density at radius 1 is 1.32 bits per heavy atom. The SMILES string of the molecule is O=C(CCCC1CCCCC1)NCC1(O)CCOC1. The molecule has 2 rings (SSSR count). The maximum atomic E-state index is 11.7. The number of hydrogen-bond donors (Lipinski definition) is 2. The van der Waals surface area contributed by atoms with E-state index in [1.807, 2.05) is 0 Å². The Kier molecular flexibility index (Phi) is 5.64. The third-order valence-corrected chi connectivity index (χ3v) is 4.44. The Bertz CT molecular complexity index is 281. The minimum absolute atomic E-state index is 0.0659. The monoisotopic (exact) mass is 269 g/mol. The molecular formula is C15H27NO3. The van der Waals surface area contributed by atoms with Crippen molar-refractivity contribution in [3.05, 3.63) is 0 Å². The smallest absolute Gasteiger partial charge is 0.220 e. The molecule has 0 aromatic heterocycles. The summed E-state index contributed by atoms with van der Waals surface area (Å²) < 4.78 is 5.15. The van der Waals surface area contributed by atoms with Gasteiger partial charge in [-0.1, -0.05) is 32.1 Å². The fourth-order valence-corrected chi connectivity index (χ4v) is 3.11. The second-order valence-electron chi connectivity index (χ2n) is 6.20. The number of ether oxygens (including phenoxy) is 1. The number of carbonyl (C=O) groups is 1. The molecule has 1 atom stereocenters. The predicted octanol–water partition coefficient (Wildman–Crippen LogP) is 2.00. The summed E-state index contributed by atoms with van der Waals surface area (Å²) in [6.45, 7) is 1.26. The van der Waals surface area contributed by atoms with E-state index in [-0.39, 0.29) is 5.91 Å². The average Bonchev–Trinajstić information content (AvgIpc) is 2.85. The first kappa shape index (κ1) is 14.8. The molecule has 19 heavy (non-hydrogen) atoms. The fourth-order valence-electron chi connectivity index (χ4n) is 3.11. The first-order valence-electron chi connectivity index (χ1n) is 7.75. The van der Waals surface area contributed by atoms with Crippen molar-refractivity contribution < 1.29 is 14.6 Å². The standard InChI is InChI=1S/C15H27NO3/c17-14(16-11-15(18)9-10-19-12-15)8-4-7-13-5-2-1-3-6-13/h13,18H,1-12H2,(H,16,17). The van der Waals surface area contributed by atoms with Crippen LogP contribution in [0, 0.1) is 5.92 Å². The summed E-state index contributed by atoms with van der Waals surface area (Å²) in [6.07, 6.45) is 10.2. The van der Waals surface area contributed by atoms with Crippen LogP contribution in [-0.2, 0) is 9.53 Å². The summed E-state index contributed by atoms with van der Waals surface area (Å²) in [5.41, 5.74) is -0.834. The topological polar surface area (TPSA) is 58.6 Å². The highest BCUT2D eigenvalue weighted by Gasteiger charge is 2.32. The average molecular weight is 269 g/mol. The molecule has 0 spiro atoms. The summed E-state index contributed by atoms with van der Waals surface area (Å²) in [4.78, 5) is 11.7. The van der Waals surface area contributed by atoms with E-state index in [1.54, 1.807) is 0 Å². The molecule has 0 aromatic carbocycles. The lowest BCUT2D eigenvalue weighted by Gasteiger charge is -2.22. The fraction of sp³-hybridized carbons (Fsp3) is 0.933. The van der Waals surface area contributed by atoms with Crippen LogP contribution in [-0.4, -0.2) is 36.4 Å². The van der Waals surface area contributed by atoms with Gasteiger partial charge in [0, 0.05) is 26.0 Å².